The number of carbonyl (C=O) groups is 1. The van der Waals surface area contributed by atoms with E-state index < -0.39 is 0 Å². The Balaban J connectivity index is 1.98. The highest BCUT2D eigenvalue weighted by Gasteiger charge is 2.14. The van der Waals surface area contributed by atoms with Crippen molar-refractivity contribution in [3.8, 4) is 5.75 Å². The van der Waals surface area contributed by atoms with Gasteiger partial charge in [0.25, 0.3) is 0 Å². The summed E-state index contributed by atoms with van der Waals surface area (Å²) in [5.74, 6) is 1.13. The van der Waals surface area contributed by atoms with Crippen molar-refractivity contribution in [2.75, 3.05) is 7.11 Å². The standard InChI is InChI=1S/C13H17N5O2/c1-8-4-5-10(6-11(8)20-3)7-12(19)14-9(2)13-15-17-18-16-13/h4-6,9H,7H2,1-3H3,(H,14,19)(H,15,16,17,18). The fourth-order valence-corrected chi connectivity index (χ4v) is 1.87. The molecule has 7 heteroatoms. The lowest BCUT2D eigenvalue weighted by molar-refractivity contribution is -0.121. The second-order valence-electron chi connectivity index (χ2n) is 4.54. The molecule has 2 aromatic rings. The van der Waals surface area contributed by atoms with E-state index in [1.165, 1.54) is 0 Å². The zero-order valence-electron chi connectivity index (χ0n) is 11.7. The van der Waals surface area contributed by atoms with E-state index in [2.05, 4.69) is 25.9 Å². The third-order valence-electron chi connectivity index (χ3n) is 2.96. The van der Waals surface area contributed by atoms with Gasteiger partial charge < -0.3 is 10.1 Å². The van der Waals surface area contributed by atoms with Crippen LogP contribution in [0, 0.1) is 6.92 Å². The van der Waals surface area contributed by atoms with Crippen LogP contribution in [0.2, 0.25) is 0 Å². The van der Waals surface area contributed by atoms with E-state index in [4.69, 9.17) is 4.74 Å². The Labute approximate surface area is 116 Å². The highest BCUT2D eigenvalue weighted by atomic mass is 16.5. The van der Waals surface area contributed by atoms with Gasteiger partial charge in [-0.15, -0.1) is 10.2 Å². The van der Waals surface area contributed by atoms with Gasteiger partial charge in [0, 0.05) is 0 Å². The van der Waals surface area contributed by atoms with E-state index in [9.17, 15) is 4.79 Å². The summed E-state index contributed by atoms with van der Waals surface area (Å²) in [5, 5.41) is 16.3. The highest BCUT2D eigenvalue weighted by molar-refractivity contribution is 5.79. The maximum Gasteiger partial charge on any atom is 0.225 e. The molecule has 1 unspecified atom stereocenters. The van der Waals surface area contributed by atoms with E-state index in [1.807, 2.05) is 25.1 Å². The molecule has 1 heterocycles. The van der Waals surface area contributed by atoms with Gasteiger partial charge in [-0.1, -0.05) is 17.3 Å². The SMILES string of the molecule is COc1cc(CC(=O)NC(C)c2nn[nH]n2)ccc1C. The largest absolute Gasteiger partial charge is 0.496 e. The Morgan fingerprint density at radius 3 is 2.95 bits per heavy atom. The minimum absolute atomic E-state index is 0.104. The number of hydrogen-bond acceptors (Lipinski definition) is 5. The molecule has 0 aliphatic carbocycles. The number of ether oxygens (including phenoxy) is 1. The second kappa shape index (κ2) is 6.14. The molecule has 1 atom stereocenters. The Kier molecular flexibility index (Phi) is 4.29. The number of benzene rings is 1. The molecule has 0 fully saturated rings. The molecule has 7 nitrogen and oxygen atoms in total. The van der Waals surface area contributed by atoms with Crippen LogP contribution in [0.5, 0.6) is 5.75 Å². The minimum Gasteiger partial charge on any atom is -0.496 e. The number of nitrogens with zero attached hydrogens (tertiary/aromatic N) is 3. The molecule has 0 radical (unpaired) electrons. The number of carbonyl (C=O) groups excluding carboxylic acids is 1. The van der Waals surface area contributed by atoms with E-state index in [1.54, 1.807) is 14.0 Å². The summed E-state index contributed by atoms with van der Waals surface area (Å²) >= 11 is 0. The average Bonchev–Trinajstić information content (AvgIpc) is 2.95. The van der Waals surface area contributed by atoms with Gasteiger partial charge in [0.2, 0.25) is 5.91 Å². The Bertz CT molecular complexity index is 582. The first kappa shape index (κ1) is 14.0. The normalized spacial score (nSPS) is 11.9. The van der Waals surface area contributed by atoms with Crippen molar-refractivity contribution in [1.29, 1.82) is 0 Å². The van der Waals surface area contributed by atoms with E-state index in [-0.39, 0.29) is 18.4 Å². The van der Waals surface area contributed by atoms with Gasteiger partial charge in [0.15, 0.2) is 5.82 Å². The molecular formula is C13H17N5O2. The van der Waals surface area contributed by atoms with Crippen LogP contribution < -0.4 is 10.1 Å². The summed E-state index contributed by atoms with van der Waals surface area (Å²) in [5.41, 5.74) is 1.93. The third-order valence-corrected chi connectivity index (χ3v) is 2.96. The van der Waals surface area contributed by atoms with Gasteiger partial charge in [-0.2, -0.15) is 5.21 Å². The summed E-state index contributed by atoms with van der Waals surface area (Å²) in [6.45, 7) is 3.76. The van der Waals surface area contributed by atoms with Crippen LogP contribution in [0.1, 0.15) is 29.9 Å². The monoisotopic (exact) mass is 275 g/mol. The number of aromatic nitrogens is 4. The first-order chi connectivity index (χ1) is 9.60. The number of nitrogens with one attached hydrogen (secondary N) is 2. The number of aromatic amines is 1. The molecule has 20 heavy (non-hydrogen) atoms. The molecule has 0 saturated carbocycles. The number of amides is 1. The van der Waals surface area contributed by atoms with Crippen molar-refractivity contribution in [3.63, 3.8) is 0 Å². The Morgan fingerprint density at radius 1 is 1.50 bits per heavy atom. The van der Waals surface area contributed by atoms with Gasteiger partial charge in [0.05, 0.1) is 19.6 Å². The van der Waals surface area contributed by atoms with Crippen LogP contribution in [0.4, 0.5) is 0 Å². The molecule has 0 aliphatic heterocycles. The second-order valence-corrected chi connectivity index (χ2v) is 4.54. The van der Waals surface area contributed by atoms with Gasteiger partial charge >= 0.3 is 0 Å². The van der Waals surface area contributed by atoms with Crippen molar-refractivity contribution in [2.45, 2.75) is 26.3 Å². The van der Waals surface area contributed by atoms with Crippen LogP contribution in [0.25, 0.3) is 0 Å². The first-order valence-electron chi connectivity index (χ1n) is 6.26. The predicted molar refractivity (Wildman–Crippen MR) is 72.2 cm³/mol. The minimum atomic E-state index is -0.284. The molecule has 1 amide bonds. The van der Waals surface area contributed by atoms with Gasteiger partial charge in [-0.3, -0.25) is 4.79 Å². The van der Waals surface area contributed by atoms with Crippen LogP contribution in [-0.2, 0) is 11.2 Å². The van der Waals surface area contributed by atoms with E-state index >= 15 is 0 Å². The van der Waals surface area contributed by atoms with Crippen LogP contribution in [0.15, 0.2) is 18.2 Å². The van der Waals surface area contributed by atoms with Gasteiger partial charge in [-0.05, 0) is 31.0 Å². The van der Waals surface area contributed by atoms with Crippen molar-refractivity contribution in [3.05, 3.63) is 35.2 Å². The number of rotatable bonds is 5. The molecule has 0 aliphatic rings. The molecular weight excluding hydrogens is 258 g/mol. The Morgan fingerprint density at radius 2 is 2.30 bits per heavy atom. The van der Waals surface area contributed by atoms with Crippen molar-refractivity contribution >= 4 is 5.91 Å². The Hall–Kier alpha value is -2.44. The summed E-state index contributed by atoms with van der Waals surface area (Å²) in [4.78, 5) is 12.0. The fourth-order valence-electron chi connectivity index (χ4n) is 1.87. The summed E-state index contributed by atoms with van der Waals surface area (Å²) in [6, 6.07) is 5.43. The summed E-state index contributed by atoms with van der Waals surface area (Å²) in [6.07, 6.45) is 0.277. The summed E-state index contributed by atoms with van der Waals surface area (Å²) in [7, 11) is 1.62. The summed E-state index contributed by atoms with van der Waals surface area (Å²) < 4.78 is 5.24. The molecule has 2 rings (SSSR count). The van der Waals surface area contributed by atoms with Crippen molar-refractivity contribution < 1.29 is 9.53 Å². The molecule has 1 aromatic carbocycles. The van der Waals surface area contributed by atoms with Gasteiger partial charge in [-0.25, -0.2) is 0 Å². The molecule has 106 valence electrons. The lowest BCUT2D eigenvalue weighted by Gasteiger charge is -2.11. The number of methoxy groups -OCH3 is 1. The smallest absolute Gasteiger partial charge is 0.225 e. The van der Waals surface area contributed by atoms with E-state index in [0.29, 0.717) is 5.82 Å². The molecule has 0 saturated heterocycles. The molecule has 0 bridgehead atoms. The van der Waals surface area contributed by atoms with Crippen LogP contribution >= 0.6 is 0 Å². The molecule has 1 aromatic heterocycles. The molecule has 2 N–H and O–H groups in total. The number of tetrazole rings is 1. The third kappa shape index (κ3) is 3.31. The molecule has 0 spiro atoms. The van der Waals surface area contributed by atoms with Crippen molar-refractivity contribution in [2.24, 2.45) is 0 Å². The first-order valence-corrected chi connectivity index (χ1v) is 6.26. The number of hydrogen-bond donors (Lipinski definition) is 2. The highest BCUT2D eigenvalue weighted by Crippen LogP contribution is 2.19. The van der Waals surface area contributed by atoms with E-state index in [0.717, 1.165) is 16.9 Å². The fraction of sp³-hybridized carbons (Fsp3) is 0.385. The number of aryl methyl sites for hydroxylation is 1. The maximum atomic E-state index is 12.0. The lowest BCUT2D eigenvalue weighted by Crippen LogP contribution is -2.28. The predicted octanol–water partition coefficient (Wildman–Crippen LogP) is 0.937. The van der Waals surface area contributed by atoms with Crippen LogP contribution in [0.3, 0.4) is 0 Å². The van der Waals surface area contributed by atoms with Crippen LogP contribution in [-0.4, -0.2) is 33.6 Å². The average molecular weight is 275 g/mol. The topological polar surface area (TPSA) is 92.8 Å². The maximum absolute atomic E-state index is 12.0. The quantitative estimate of drug-likeness (QED) is 0.847. The lowest BCUT2D eigenvalue weighted by atomic mass is 10.1. The zero-order chi connectivity index (χ0) is 14.5. The van der Waals surface area contributed by atoms with Gasteiger partial charge in [0.1, 0.15) is 5.75 Å². The number of H-pyrrole nitrogens is 1. The zero-order valence-corrected chi connectivity index (χ0v) is 11.7. The van der Waals surface area contributed by atoms with Crippen molar-refractivity contribution in [1.82, 2.24) is 25.9 Å².